The molecule has 0 spiro atoms. The van der Waals surface area contributed by atoms with Crippen LogP contribution in [0.25, 0.3) is 11.1 Å². The van der Waals surface area contributed by atoms with Gasteiger partial charge in [-0.25, -0.2) is 0 Å². The molecule has 142 valence electrons. The molecule has 1 N–H and O–H groups in total. The molecule has 2 aromatic carbocycles. The third-order valence-electron chi connectivity index (χ3n) is 4.35. The first-order valence-corrected chi connectivity index (χ1v) is 9.36. The first kappa shape index (κ1) is 19.6. The molecule has 0 aliphatic heterocycles. The lowest BCUT2D eigenvalue weighted by Crippen LogP contribution is -2.27. The van der Waals surface area contributed by atoms with Crippen molar-refractivity contribution in [1.29, 1.82) is 0 Å². The third-order valence-corrected chi connectivity index (χ3v) is 4.84. The fourth-order valence-electron chi connectivity index (χ4n) is 3.02. The number of alkyl halides is 2. The number of Topliss-reactive ketones (excluding diaryl/α,β-unsaturated/α-hetero) is 1. The van der Waals surface area contributed by atoms with E-state index in [0.717, 1.165) is 6.42 Å². The maximum atomic E-state index is 14.8. The van der Waals surface area contributed by atoms with Crippen molar-refractivity contribution in [2.45, 2.75) is 19.3 Å². The van der Waals surface area contributed by atoms with Gasteiger partial charge >= 0.3 is 5.97 Å². The van der Waals surface area contributed by atoms with Crippen LogP contribution in [0, 0.1) is 0 Å². The highest BCUT2D eigenvalue weighted by atomic mass is 79.9. The lowest BCUT2D eigenvalue weighted by Gasteiger charge is -2.13. The van der Waals surface area contributed by atoms with E-state index in [1.807, 2.05) is 6.92 Å². The smallest absolute Gasteiger partial charge is 0.320 e. The van der Waals surface area contributed by atoms with E-state index in [4.69, 9.17) is 4.74 Å². The van der Waals surface area contributed by atoms with Gasteiger partial charge in [-0.05, 0) is 42.3 Å². The van der Waals surface area contributed by atoms with E-state index in [1.165, 1.54) is 24.3 Å². The maximum absolute atomic E-state index is 14.8. The fraction of sp³-hybridized carbons (Fsp3) is 0.300. The van der Waals surface area contributed by atoms with Crippen molar-refractivity contribution >= 4 is 27.7 Å². The van der Waals surface area contributed by atoms with Gasteiger partial charge in [0.25, 0.3) is 5.92 Å². The monoisotopic (exact) mass is 437 g/mol. The molecule has 0 amide bonds. The topological polar surface area (TPSA) is 55.4 Å². The third kappa shape index (κ3) is 3.94. The van der Waals surface area contributed by atoms with E-state index in [0.29, 0.717) is 22.1 Å². The first-order valence-electron chi connectivity index (χ1n) is 8.57. The number of ether oxygens (including phenoxy) is 1. The van der Waals surface area contributed by atoms with E-state index in [1.54, 1.807) is 12.1 Å². The van der Waals surface area contributed by atoms with Gasteiger partial charge in [0.2, 0.25) is 0 Å². The van der Waals surface area contributed by atoms with Crippen molar-refractivity contribution in [2.24, 2.45) is 0 Å². The molecule has 7 heteroatoms. The number of hydrogen-bond acceptors (Lipinski definition) is 4. The number of ketones is 1. The number of benzene rings is 2. The number of nitrogens with one attached hydrogen (secondary N) is 1. The van der Waals surface area contributed by atoms with E-state index in [2.05, 4.69) is 21.2 Å². The summed E-state index contributed by atoms with van der Waals surface area (Å²) in [6.45, 7) is 2.16. The summed E-state index contributed by atoms with van der Waals surface area (Å²) in [5.41, 5.74) is 0.641. The van der Waals surface area contributed by atoms with Gasteiger partial charge in [-0.3, -0.25) is 9.59 Å². The highest BCUT2D eigenvalue weighted by Gasteiger charge is 2.44. The predicted octanol–water partition coefficient (Wildman–Crippen LogP) is 4.30. The normalized spacial score (nSPS) is 13.8. The van der Waals surface area contributed by atoms with E-state index >= 15 is 0 Å². The molecule has 0 unspecified atom stereocenters. The standard InChI is InChI=1S/C20H18BrF2NO3/c1-2-7-24-10-19(26)27-11-18(25)12-3-5-14-15-6-4-13(21)9-17(15)20(22,23)16(14)8-12/h3-6,8-9,24H,2,7,10-11H2,1H3. The Balaban J connectivity index is 1.76. The van der Waals surface area contributed by atoms with E-state index in [-0.39, 0.29) is 23.2 Å². The molecule has 0 radical (unpaired) electrons. The molecule has 0 bridgehead atoms. The summed E-state index contributed by atoms with van der Waals surface area (Å²) in [7, 11) is 0. The van der Waals surface area contributed by atoms with E-state index in [9.17, 15) is 18.4 Å². The zero-order valence-corrected chi connectivity index (χ0v) is 16.2. The Kier molecular flexibility index (Phi) is 5.72. The van der Waals surface area contributed by atoms with Crippen LogP contribution in [0.1, 0.15) is 34.8 Å². The molecule has 2 aromatic rings. The maximum Gasteiger partial charge on any atom is 0.320 e. The van der Waals surface area contributed by atoms with Crippen LogP contribution in [-0.4, -0.2) is 31.4 Å². The van der Waals surface area contributed by atoms with Crippen molar-refractivity contribution in [2.75, 3.05) is 19.7 Å². The van der Waals surface area contributed by atoms with Gasteiger partial charge in [-0.1, -0.05) is 41.1 Å². The molecule has 3 rings (SSSR count). The van der Waals surface area contributed by atoms with Gasteiger partial charge in [0.05, 0.1) is 6.54 Å². The van der Waals surface area contributed by atoms with Crippen LogP contribution in [0.5, 0.6) is 0 Å². The van der Waals surface area contributed by atoms with Gasteiger partial charge in [-0.15, -0.1) is 0 Å². The van der Waals surface area contributed by atoms with Crippen LogP contribution in [0.3, 0.4) is 0 Å². The van der Waals surface area contributed by atoms with Crippen molar-refractivity contribution in [3.8, 4) is 11.1 Å². The molecule has 0 atom stereocenters. The summed E-state index contributed by atoms with van der Waals surface area (Å²) < 4.78 is 35.1. The Hall–Kier alpha value is -2.12. The van der Waals surface area contributed by atoms with Crippen molar-refractivity contribution < 1.29 is 23.1 Å². The lowest BCUT2D eigenvalue weighted by molar-refractivity contribution is -0.141. The lowest BCUT2D eigenvalue weighted by atomic mass is 10.0. The molecular weight excluding hydrogens is 420 g/mol. The first-order chi connectivity index (χ1) is 12.8. The molecule has 27 heavy (non-hydrogen) atoms. The summed E-state index contributed by atoms with van der Waals surface area (Å²) in [4.78, 5) is 23.8. The minimum atomic E-state index is -3.19. The molecule has 1 aliphatic carbocycles. The molecule has 0 fully saturated rings. The van der Waals surface area contributed by atoms with Gasteiger partial charge in [0.1, 0.15) is 0 Å². The second-order valence-corrected chi connectivity index (χ2v) is 7.20. The summed E-state index contributed by atoms with van der Waals surface area (Å²) in [6.07, 6.45) is 0.870. The quantitative estimate of drug-likeness (QED) is 0.398. The van der Waals surface area contributed by atoms with E-state index < -0.39 is 24.3 Å². The minimum absolute atomic E-state index is 0.00751. The zero-order valence-electron chi connectivity index (χ0n) is 14.7. The molecule has 0 heterocycles. The number of esters is 1. The fourth-order valence-corrected chi connectivity index (χ4v) is 3.38. The summed E-state index contributed by atoms with van der Waals surface area (Å²) >= 11 is 3.21. The molecule has 0 saturated carbocycles. The molecular formula is C20H18BrF2NO3. The zero-order chi connectivity index (χ0) is 19.6. The number of halogens is 3. The molecule has 0 aromatic heterocycles. The number of hydrogen-bond donors (Lipinski definition) is 1. The average molecular weight is 438 g/mol. The Labute approximate surface area is 164 Å². The number of fused-ring (bicyclic) bond motifs is 3. The van der Waals surface area contributed by atoms with Crippen LogP contribution in [0.15, 0.2) is 40.9 Å². The van der Waals surface area contributed by atoms with Crippen molar-refractivity contribution in [3.63, 3.8) is 0 Å². The van der Waals surface area contributed by atoms with Crippen LogP contribution in [0.4, 0.5) is 8.78 Å². The second-order valence-electron chi connectivity index (χ2n) is 6.29. The second kappa shape index (κ2) is 7.86. The Morgan fingerprint density at radius 1 is 1.11 bits per heavy atom. The molecule has 4 nitrogen and oxygen atoms in total. The Bertz CT molecular complexity index is 899. The predicted molar refractivity (Wildman–Crippen MR) is 101 cm³/mol. The summed E-state index contributed by atoms with van der Waals surface area (Å²) in [5.74, 6) is -4.26. The largest absolute Gasteiger partial charge is 0.456 e. The summed E-state index contributed by atoms with van der Waals surface area (Å²) in [6, 6.07) is 8.91. The highest BCUT2D eigenvalue weighted by molar-refractivity contribution is 9.10. The van der Waals surface area contributed by atoms with Crippen LogP contribution >= 0.6 is 15.9 Å². The van der Waals surface area contributed by atoms with Gasteiger partial charge in [-0.2, -0.15) is 8.78 Å². The molecule has 0 saturated heterocycles. The average Bonchev–Trinajstić information content (AvgIpc) is 2.87. The Morgan fingerprint density at radius 3 is 2.48 bits per heavy atom. The highest BCUT2D eigenvalue weighted by Crippen LogP contribution is 2.51. The van der Waals surface area contributed by atoms with Crippen LogP contribution in [0.2, 0.25) is 0 Å². The SMILES string of the molecule is CCCNCC(=O)OCC(=O)c1ccc2c(c1)C(F)(F)c1cc(Br)ccc1-2. The Morgan fingerprint density at radius 2 is 1.78 bits per heavy atom. The van der Waals surface area contributed by atoms with Crippen molar-refractivity contribution in [1.82, 2.24) is 5.32 Å². The summed E-state index contributed by atoms with van der Waals surface area (Å²) in [5, 5.41) is 2.87. The number of rotatable bonds is 7. The minimum Gasteiger partial charge on any atom is -0.456 e. The molecule has 1 aliphatic rings. The number of carbonyl (C=O) groups excluding carboxylic acids is 2. The van der Waals surface area contributed by atoms with Gasteiger partial charge in [0.15, 0.2) is 12.4 Å². The van der Waals surface area contributed by atoms with Crippen LogP contribution < -0.4 is 5.32 Å². The van der Waals surface area contributed by atoms with Crippen molar-refractivity contribution in [3.05, 3.63) is 57.6 Å². The van der Waals surface area contributed by atoms with Gasteiger partial charge < -0.3 is 10.1 Å². The van der Waals surface area contributed by atoms with Crippen LogP contribution in [-0.2, 0) is 15.5 Å². The van der Waals surface area contributed by atoms with Gasteiger partial charge in [0, 0.05) is 21.2 Å². The number of carbonyl (C=O) groups is 2.